The Labute approximate surface area is 112 Å². The molecule has 1 N–H and O–H groups in total. The van der Waals surface area contributed by atoms with Gasteiger partial charge in [-0.2, -0.15) is 0 Å². The largest absolute Gasteiger partial charge is 0.381 e. The normalized spacial score (nSPS) is 16.5. The SMILES string of the molecule is Cc1cnc(CNC2CCOCC2)c(C)c1[N+](=O)[O-]. The molecule has 1 aromatic rings. The molecule has 6 heteroatoms. The fourth-order valence-corrected chi connectivity index (χ4v) is 2.37. The third-order valence-electron chi connectivity index (χ3n) is 3.54. The van der Waals surface area contributed by atoms with Gasteiger partial charge in [0, 0.05) is 43.1 Å². The number of nitrogens with zero attached hydrogens (tertiary/aromatic N) is 2. The molecule has 2 rings (SSSR count). The van der Waals surface area contributed by atoms with E-state index in [4.69, 9.17) is 4.74 Å². The second kappa shape index (κ2) is 6.08. The molecule has 1 saturated heterocycles. The van der Waals surface area contributed by atoms with Crippen molar-refractivity contribution in [3.63, 3.8) is 0 Å². The third-order valence-corrected chi connectivity index (χ3v) is 3.54. The number of nitrogens with one attached hydrogen (secondary N) is 1. The zero-order chi connectivity index (χ0) is 13.8. The van der Waals surface area contributed by atoms with E-state index in [0.717, 1.165) is 31.7 Å². The second-order valence-electron chi connectivity index (χ2n) is 4.89. The summed E-state index contributed by atoms with van der Waals surface area (Å²) in [5, 5.41) is 14.4. The van der Waals surface area contributed by atoms with E-state index in [1.54, 1.807) is 20.0 Å². The molecule has 6 nitrogen and oxygen atoms in total. The number of aryl methyl sites for hydroxylation is 1. The maximum Gasteiger partial charge on any atom is 0.278 e. The topological polar surface area (TPSA) is 77.3 Å². The smallest absolute Gasteiger partial charge is 0.278 e. The predicted octanol–water partition coefficient (Wildman–Crippen LogP) is 1.88. The van der Waals surface area contributed by atoms with Crippen molar-refractivity contribution < 1.29 is 9.66 Å². The quantitative estimate of drug-likeness (QED) is 0.664. The molecule has 0 saturated carbocycles. The molecule has 19 heavy (non-hydrogen) atoms. The molecule has 1 aromatic heterocycles. The minimum absolute atomic E-state index is 0.179. The summed E-state index contributed by atoms with van der Waals surface area (Å²) in [5.41, 5.74) is 2.20. The van der Waals surface area contributed by atoms with Gasteiger partial charge >= 0.3 is 0 Å². The lowest BCUT2D eigenvalue weighted by atomic mass is 10.1. The lowest BCUT2D eigenvalue weighted by Crippen LogP contribution is -2.34. The molecular weight excluding hydrogens is 246 g/mol. The van der Waals surface area contributed by atoms with Gasteiger partial charge in [-0.05, 0) is 26.7 Å². The zero-order valence-electron chi connectivity index (χ0n) is 11.3. The molecule has 2 heterocycles. The first-order valence-corrected chi connectivity index (χ1v) is 6.50. The summed E-state index contributed by atoms with van der Waals surface area (Å²) < 4.78 is 5.30. The molecule has 104 valence electrons. The zero-order valence-corrected chi connectivity index (χ0v) is 11.3. The monoisotopic (exact) mass is 265 g/mol. The van der Waals surface area contributed by atoms with E-state index in [1.807, 2.05) is 0 Å². The Morgan fingerprint density at radius 3 is 2.79 bits per heavy atom. The van der Waals surface area contributed by atoms with Crippen LogP contribution in [-0.2, 0) is 11.3 Å². The maximum atomic E-state index is 11.0. The van der Waals surface area contributed by atoms with Gasteiger partial charge in [0.2, 0.25) is 0 Å². The van der Waals surface area contributed by atoms with Crippen molar-refractivity contribution in [2.75, 3.05) is 13.2 Å². The molecule has 1 aliphatic heterocycles. The van der Waals surface area contributed by atoms with Gasteiger partial charge in [0.05, 0.1) is 10.6 Å². The summed E-state index contributed by atoms with van der Waals surface area (Å²) >= 11 is 0. The fraction of sp³-hybridized carbons (Fsp3) is 0.615. The average Bonchev–Trinajstić information content (AvgIpc) is 2.38. The van der Waals surface area contributed by atoms with Crippen molar-refractivity contribution in [2.24, 2.45) is 0 Å². The van der Waals surface area contributed by atoms with Crippen LogP contribution in [0.15, 0.2) is 6.20 Å². The number of aromatic nitrogens is 1. The van der Waals surface area contributed by atoms with Crippen LogP contribution in [0.1, 0.15) is 29.7 Å². The van der Waals surface area contributed by atoms with Gasteiger partial charge in [-0.3, -0.25) is 15.1 Å². The molecule has 0 spiro atoms. The van der Waals surface area contributed by atoms with Gasteiger partial charge in [0.15, 0.2) is 0 Å². The maximum absolute atomic E-state index is 11.0. The minimum atomic E-state index is -0.329. The van der Waals surface area contributed by atoms with Crippen LogP contribution in [0.4, 0.5) is 5.69 Å². The van der Waals surface area contributed by atoms with E-state index in [-0.39, 0.29) is 10.6 Å². The number of nitro groups is 1. The first-order valence-electron chi connectivity index (χ1n) is 6.50. The van der Waals surface area contributed by atoms with Crippen LogP contribution in [0, 0.1) is 24.0 Å². The Hall–Kier alpha value is -1.53. The lowest BCUT2D eigenvalue weighted by Gasteiger charge is -2.23. The summed E-state index contributed by atoms with van der Waals surface area (Å²) in [6.07, 6.45) is 3.53. The molecule has 0 aromatic carbocycles. The van der Waals surface area contributed by atoms with Crippen LogP contribution in [0.3, 0.4) is 0 Å². The highest BCUT2D eigenvalue weighted by atomic mass is 16.6. The van der Waals surface area contributed by atoms with Crippen LogP contribution >= 0.6 is 0 Å². The van der Waals surface area contributed by atoms with E-state index in [1.165, 1.54) is 0 Å². The third kappa shape index (κ3) is 3.27. The van der Waals surface area contributed by atoms with Gasteiger partial charge < -0.3 is 10.1 Å². The lowest BCUT2D eigenvalue weighted by molar-refractivity contribution is -0.386. The number of rotatable bonds is 4. The summed E-state index contributed by atoms with van der Waals surface area (Å²) in [4.78, 5) is 15.0. The van der Waals surface area contributed by atoms with Crippen molar-refractivity contribution >= 4 is 5.69 Å². The highest BCUT2D eigenvalue weighted by molar-refractivity contribution is 5.47. The standard InChI is InChI=1S/C13H19N3O3/c1-9-7-15-12(10(2)13(9)16(17)18)8-14-11-3-5-19-6-4-11/h7,11,14H,3-6,8H2,1-2H3. The summed E-state index contributed by atoms with van der Waals surface area (Å²) in [6, 6.07) is 0.412. The van der Waals surface area contributed by atoms with Crippen LogP contribution < -0.4 is 5.32 Å². The molecule has 0 unspecified atom stereocenters. The molecule has 0 atom stereocenters. The van der Waals surface area contributed by atoms with Gasteiger partial charge in [-0.25, -0.2) is 0 Å². The van der Waals surface area contributed by atoms with Crippen molar-refractivity contribution in [3.8, 4) is 0 Å². The highest BCUT2D eigenvalue weighted by Gasteiger charge is 2.19. The molecule has 0 aliphatic carbocycles. The average molecular weight is 265 g/mol. The molecular formula is C13H19N3O3. The van der Waals surface area contributed by atoms with E-state index in [2.05, 4.69) is 10.3 Å². The Bertz CT molecular complexity index is 470. The van der Waals surface area contributed by atoms with Crippen LogP contribution in [-0.4, -0.2) is 29.2 Å². The predicted molar refractivity (Wildman–Crippen MR) is 71.0 cm³/mol. The van der Waals surface area contributed by atoms with Crippen molar-refractivity contribution in [2.45, 2.75) is 39.3 Å². The van der Waals surface area contributed by atoms with E-state index >= 15 is 0 Å². The summed E-state index contributed by atoms with van der Waals surface area (Å²) in [7, 11) is 0. The second-order valence-corrected chi connectivity index (χ2v) is 4.89. The van der Waals surface area contributed by atoms with E-state index in [9.17, 15) is 10.1 Å². The number of pyridine rings is 1. The van der Waals surface area contributed by atoms with Gasteiger partial charge in [0.1, 0.15) is 0 Å². The van der Waals surface area contributed by atoms with Crippen molar-refractivity contribution in [1.82, 2.24) is 10.3 Å². The van der Waals surface area contributed by atoms with Crippen LogP contribution in [0.25, 0.3) is 0 Å². The van der Waals surface area contributed by atoms with Gasteiger partial charge in [0.25, 0.3) is 5.69 Å². The summed E-state index contributed by atoms with van der Waals surface area (Å²) in [6.45, 7) is 5.60. The Kier molecular flexibility index (Phi) is 4.44. The highest BCUT2D eigenvalue weighted by Crippen LogP contribution is 2.24. The van der Waals surface area contributed by atoms with Gasteiger partial charge in [-0.15, -0.1) is 0 Å². The van der Waals surface area contributed by atoms with Crippen LogP contribution in [0.2, 0.25) is 0 Å². The Morgan fingerprint density at radius 1 is 1.47 bits per heavy atom. The number of hydrogen-bond donors (Lipinski definition) is 1. The molecule has 0 bridgehead atoms. The Morgan fingerprint density at radius 2 is 2.16 bits per heavy atom. The summed E-state index contributed by atoms with van der Waals surface area (Å²) in [5.74, 6) is 0. The van der Waals surface area contributed by atoms with Crippen LogP contribution in [0.5, 0.6) is 0 Å². The van der Waals surface area contributed by atoms with Crippen molar-refractivity contribution in [1.29, 1.82) is 0 Å². The minimum Gasteiger partial charge on any atom is -0.381 e. The number of ether oxygens (including phenoxy) is 1. The first kappa shape index (κ1) is 13.9. The molecule has 1 aliphatic rings. The number of hydrogen-bond acceptors (Lipinski definition) is 5. The van der Waals surface area contributed by atoms with Crippen molar-refractivity contribution in [3.05, 3.63) is 33.1 Å². The van der Waals surface area contributed by atoms with E-state index in [0.29, 0.717) is 23.7 Å². The molecule has 0 amide bonds. The molecule has 0 radical (unpaired) electrons. The first-order chi connectivity index (χ1) is 9.09. The van der Waals surface area contributed by atoms with Gasteiger partial charge in [-0.1, -0.05) is 0 Å². The molecule has 1 fully saturated rings. The van der Waals surface area contributed by atoms with E-state index < -0.39 is 0 Å². The Balaban J connectivity index is 2.08. The fourth-order valence-electron chi connectivity index (χ4n) is 2.37.